The maximum atomic E-state index is 13.3. The van der Waals surface area contributed by atoms with Gasteiger partial charge in [0.25, 0.3) is 5.91 Å². The summed E-state index contributed by atoms with van der Waals surface area (Å²) in [5.74, 6) is 0.524. The fraction of sp³-hybridized carbons (Fsp3) is 0.185. The molecular weight excluding hydrogens is 435 g/mol. The van der Waals surface area contributed by atoms with Crippen molar-refractivity contribution in [1.29, 1.82) is 0 Å². The van der Waals surface area contributed by atoms with Gasteiger partial charge in [0.2, 0.25) is 0 Å². The highest BCUT2D eigenvalue weighted by molar-refractivity contribution is 7.12. The molecule has 0 fully saturated rings. The van der Waals surface area contributed by atoms with Gasteiger partial charge in [-0.25, -0.2) is 4.39 Å². The highest BCUT2D eigenvalue weighted by Gasteiger charge is 2.20. The second-order valence-corrected chi connectivity index (χ2v) is 8.74. The van der Waals surface area contributed by atoms with Crippen molar-refractivity contribution in [2.75, 3.05) is 6.61 Å². The largest absolute Gasteiger partial charge is 0.493 e. The zero-order valence-corrected chi connectivity index (χ0v) is 19.2. The van der Waals surface area contributed by atoms with Crippen molar-refractivity contribution < 1.29 is 13.9 Å². The maximum absolute atomic E-state index is 13.3. The van der Waals surface area contributed by atoms with E-state index in [1.54, 1.807) is 24.5 Å². The highest BCUT2D eigenvalue weighted by atomic mass is 32.1. The molecule has 4 aromatic rings. The number of rotatable bonds is 9. The Morgan fingerprint density at radius 3 is 2.45 bits per heavy atom. The van der Waals surface area contributed by atoms with Crippen molar-refractivity contribution in [3.05, 3.63) is 117 Å². The molecule has 0 saturated heterocycles. The Morgan fingerprint density at radius 2 is 1.73 bits per heavy atom. The molecule has 6 heteroatoms. The second-order valence-electron chi connectivity index (χ2n) is 7.82. The molecule has 0 spiro atoms. The van der Waals surface area contributed by atoms with E-state index < -0.39 is 0 Å². The first-order chi connectivity index (χ1) is 16.1. The fourth-order valence-corrected chi connectivity index (χ4v) is 4.43. The highest BCUT2D eigenvalue weighted by Crippen LogP contribution is 2.22. The van der Waals surface area contributed by atoms with E-state index in [1.165, 1.54) is 23.5 Å². The molecule has 0 radical (unpaired) electrons. The van der Waals surface area contributed by atoms with Gasteiger partial charge in [0.1, 0.15) is 11.6 Å². The molecule has 0 atom stereocenters. The number of pyridine rings is 1. The Hall–Kier alpha value is -3.51. The number of ether oxygens (including phenoxy) is 1. The minimum absolute atomic E-state index is 0.0157. The summed E-state index contributed by atoms with van der Waals surface area (Å²) in [5.41, 5.74) is 4.03. The topological polar surface area (TPSA) is 42.4 Å². The standard InChI is InChI=1S/C27H25FN2O2S/c1-20-12-16-33-26(20)27(31)30(18-22-9-13-29-14-10-22)19-23-3-2-4-25(17-23)32-15-11-21-5-7-24(28)8-6-21/h2-10,12-14,16-17H,11,15,18-19H2,1H3. The zero-order chi connectivity index (χ0) is 23.0. The first kappa shape index (κ1) is 22.7. The van der Waals surface area contributed by atoms with Crippen molar-refractivity contribution in [2.45, 2.75) is 26.4 Å². The van der Waals surface area contributed by atoms with Crippen LogP contribution in [-0.4, -0.2) is 22.4 Å². The average molecular weight is 461 g/mol. The van der Waals surface area contributed by atoms with E-state index in [1.807, 2.05) is 59.7 Å². The third-order valence-corrected chi connectivity index (χ3v) is 6.32. The van der Waals surface area contributed by atoms with Crippen molar-refractivity contribution >= 4 is 17.2 Å². The molecule has 0 saturated carbocycles. The summed E-state index contributed by atoms with van der Waals surface area (Å²) in [4.78, 5) is 20.0. The SMILES string of the molecule is Cc1ccsc1C(=O)N(Cc1ccncc1)Cc1cccc(OCCc2ccc(F)cc2)c1. The van der Waals surface area contributed by atoms with Gasteiger partial charge in [0.15, 0.2) is 0 Å². The summed E-state index contributed by atoms with van der Waals surface area (Å²) in [6.45, 7) is 3.41. The van der Waals surface area contributed by atoms with Crippen molar-refractivity contribution in [1.82, 2.24) is 9.88 Å². The number of hydrogen-bond donors (Lipinski definition) is 0. The number of aromatic nitrogens is 1. The van der Waals surface area contributed by atoms with Crippen LogP contribution >= 0.6 is 11.3 Å². The molecule has 1 amide bonds. The molecule has 0 aliphatic carbocycles. The van der Waals surface area contributed by atoms with Gasteiger partial charge in [-0.15, -0.1) is 11.3 Å². The van der Waals surface area contributed by atoms with Crippen LogP contribution in [0.15, 0.2) is 84.5 Å². The molecule has 168 valence electrons. The normalized spacial score (nSPS) is 10.7. The van der Waals surface area contributed by atoms with Crippen LogP contribution in [0.25, 0.3) is 0 Å². The van der Waals surface area contributed by atoms with Gasteiger partial charge in [-0.2, -0.15) is 0 Å². The molecular formula is C27H25FN2O2S. The van der Waals surface area contributed by atoms with Crippen molar-refractivity contribution in [3.8, 4) is 5.75 Å². The van der Waals surface area contributed by atoms with Crippen LogP contribution in [0, 0.1) is 12.7 Å². The third-order valence-electron chi connectivity index (χ3n) is 5.31. The summed E-state index contributed by atoms with van der Waals surface area (Å²) < 4.78 is 19.0. The quantitative estimate of drug-likeness (QED) is 0.305. The lowest BCUT2D eigenvalue weighted by Crippen LogP contribution is -2.30. The monoisotopic (exact) mass is 460 g/mol. The molecule has 4 nitrogen and oxygen atoms in total. The van der Waals surface area contributed by atoms with Crippen molar-refractivity contribution in [3.63, 3.8) is 0 Å². The molecule has 2 heterocycles. The third kappa shape index (κ3) is 6.26. The van der Waals surface area contributed by atoms with Gasteiger partial charge in [0.05, 0.1) is 11.5 Å². The fourth-order valence-electron chi connectivity index (χ4n) is 3.54. The number of benzene rings is 2. The smallest absolute Gasteiger partial charge is 0.264 e. The second kappa shape index (κ2) is 10.9. The van der Waals surface area contributed by atoms with Crippen LogP contribution in [0.1, 0.15) is 31.9 Å². The molecule has 4 rings (SSSR count). The van der Waals surface area contributed by atoms with Gasteiger partial charge >= 0.3 is 0 Å². The predicted octanol–water partition coefficient (Wildman–Crippen LogP) is 6.05. The van der Waals surface area contributed by atoms with Gasteiger partial charge in [-0.1, -0.05) is 24.3 Å². The molecule has 33 heavy (non-hydrogen) atoms. The van der Waals surface area contributed by atoms with Gasteiger partial charge in [-0.05, 0) is 77.0 Å². The van der Waals surface area contributed by atoms with E-state index in [2.05, 4.69) is 4.98 Å². The first-order valence-corrected chi connectivity index (χ1v) is 11.6. The Balaban J connectivity index is 1.45. The number of hydrogen-bond acceptors (Lipinski definition) is 4. The first-order valence-electron chi connectivity index (χ1n) is 10.8. The number of thiophene rings is 1. The number of carbonyl (C=O) groups excluding carboxylic acids is 1. The molecule has 2 aromatic heterocycles. The molecule has 0 N–H and O–H groups in total. The van der Waals surface area contributed by atoms with E-state index in [0.29, 0.717) is 26.1 Å². The van der Waals surface area contributed by atoms with Gasteiger partial charge in [0, 0.05) is 31.9 Å². The minimum atomic E-state index is -0.240. The number of aryl methyl sites for hydroxylation is 1. The Morgan fingerprint density at radius 1 is 0.970 bits per heavy atom. The number of amides is 1. The summed E-state index contributed by atoms with van der Waals surface area (Å²) >= 11 is 1.47. The molecule has 0 aliphatic rings. The number of halogens is 1. The maximum Gasteiger partial charge on any atom is 0.264 e. The molecule has 2 aromatic carbocycles. The van der Waals surface area contributed by atoms with Gasteiger partial charge in [-0.3, -0.25) is 9.78 Å². The minimum Gasteiger partial charge on any atom is -0.493 e. The van der Waals surface area contributed by atoms with Crippen LogP contribution in [-0.2, 0) is 19.5 Å². The van der Waals surface area contributed by atoms with Crippen LogP contribution in [0.5, 0.6) is 5.75 Å². The summed E-state index contributed by atoms with van der Waals surface area (Å²) in [5, 5.41) is 1.95. The summed E-state index contributed by atoms with van der Waals surface area (Å²) in [7, 11) is 0. The van der Waals surface area contributed by atoms with Crippen LogP contribution in [0.3, 0.4) is 0 Å². The average Bonchev–Trinajstić information content (AvgIpc) is 3.26. The summed E-state index contributed by atoms with van der Waals surface area (Å²) in [6, 6.07) is 20.1. The Labute approximate surface area is 197 Å². The predicted molar refractivity (Wildman–Crippen MR) is 129 cm³/mol. The van der Waals surface area contributed by atoms with E-state index >= 15 is 0 Å². The van der Waals surface area contributed by atoms with E-state index in [4.69, 9.17) is 4.74 Å². The Kier molecular flexibility index (Phi) is 7.47. The van der Waals surface area contributed by atoms with E-state index in [-0.39, 0.29) is 11.7 Å². The molecule has 0 aliphatic heterocycles. The zero-order valence-electron chi connectivity index (χ0n) is 18.4. The lowest BCUT2D eigenvalue weighted by molar-refractivity contribution is 0.0734. The van der Waals surface area contributed by atoms with Crippen LogP contribution in [0.2, 0.25) is 0 Å². The van der Waals surface area contributed by atoms with Crippen molar-refractivity contribution in [2.24, 2.45) is 0 Å². The number of carbonyl (C=O) groups is 1. The van der Waals surface area contributed by atoms with Gasteiger partial charge < -0.3 is 9.64 Å². The van der Waals surface area contributed by atoms with E-state index in [0.717, 1.165) is 32.9 Å². The number of nitrogens with zero attached hydrogens (tertiary/aromatic N) is 2. The lowest BCUT2D eigenvalue weighted by Gasteiger charge is -2.23. The van der Waals surface area contributed by atoms with E-state index in [9.17, 15) is 9.18 Å². The Bertz CT molecular complexity index is 1190. The van der Waals surface area contributed by atoms with Crippen LogP contribution in [0.4, 0.5) is 4.39 Å². The molecule has 0 unspecified atom stereocenters. The lowest BCUT2D eigenvalue weighted by atomic mass is 10.1. The molecule has 0 bridgehead atoms. The summed E-state index contributed by atoms with van der Waals surface area (Å²) in [6.07, 6.45) is 4.17. The van der Waals surface area contributed by atoms with Crippen LogP contribution < -0.4 is 4.74 Å².